The molecule has 0 aliphatic heterocycles. The van der Waals surface area contributed by atoms with Gasteiger partial charge in [-0.1, -0.05) is 29.3 Å². The SMILES string of the molecule is COc1ccc(Oc2cc(Cl)c(Cl)cc2C(=O)Nc2cccc(S(N)(=O)=O)c2)c(F)c1. The Labute approximate surface area is 187 Å². The second kappa shape index (κ2) is 9.11. The highest BCUT2D eigenvalue weighted by Gasteiger charge is 2.19. The van der Waals surface area contributed by atoms with E-state index in [9.17, 15) is 17.6 Å². The molecule has 0 saturated heterocycles. The Kier molecular flexibility index (Phi) is 6.71. The van der Waals surface area contributed by atoms with Gasteiger partial charge in [0, 0.05) is 17.8 Å². The van der Waals surface area contributed by atoms with Crippen LogP contribution in [0, 0.1) is 5.82 Å². The fraction of sp³-hybridized carbons (Fsp3) is 0.0500. The van der Waals surface area contributed by atoms with Crippen molar-refractivity contribution in [2.45, 2.75) is 4.90 Å². The molecule has 0 aromatic heterocycles. The van der Waals surface area contributed by atoms with Crippen LogP contribution < -0.4 is 19.9 Å². The van der Waals surface area contributed by atoms with Crippen LogP contribution in [-0.4, -0.2) is 21.4 Å². The van der Waals surface area contributed by atoms with Gasteiger partial charge in [-0.05, 0) is 36.4 Å². The molecule has 0 radical (unpaired) electrons. The van der Waals surface area contributed by atoms with Crippen LogP contribution >= 0.6 is 23.2 Å². The molecule has 11 heteroatoms. The van der Waals surface area contributed by atoms with E-state index in [-0.39, 0.29) is 43.4 Å². The zero-order chi connectivity index (χ0) is 22.8. The summed E-state index contributed by atoms with van der Waals surface area (Å²) in [6.07, 6.45) is 0. The number of rotatable bonds is 6. The molecule has 0 heterocycles. The van der Waals surface area contributed by atoms with Crippen molar-refractivity contribution in [2.24, 2.45) is 5.14 Å². The topological polar surface area (TPSA) is 108 Å². The lowest BCUT2D eigenvalue weighted by atomic mass is 10.1. The number of nitrogens with one attached hydrogen (secondary N) is 1. The average molecular weight is 485 g/mol. The molecule has 7 nitrogen and oxygen atoms in total. The van der Waals surface area contributed by atoms with Crippen LogP contribution in [0.1, 0.15) is 10.4 Å². The summed E-state index contributed by atoms with van der Waals surface area (Å²) in [6.45, 7) is 0. The Morgan fingerprint density at radius 2 is 1.74 bits per heavy atom. The summed E-state index contributed by atoms with van der Waals surface area (Å²) in [5, 5.41) is 7.78. The lowest BCUT2D eigenvalue weighted by molar-refractivity contribution is 0.102. The number of amides is 1. The van der Waals surface area contributed by atoms with E-state index in [1.165, 1.54) is 55.6 Å². The van der Waals surface area contributed by atoms with Gasteiger partial charge in [0.15, 0.2) is 11.6 Å². The smallest absolute Gasteiger partial charge is 0.259 e. The zero-order valence-electron chi connectivity index (χ0n) is 15.9. The van der Waals surface area contributed by atoms with Crippen molar-refractivity contribution >= 4 is 44.8 Å². The first-order valence-corrected chi connectivity index (χ1v) is 10.8. The number of nitrogens with two attached hydrogens (primary N) is 1. The largest absolute Gasteiger partial charge is 0.497 e. The van der Waals surface area contributed by atoms with Crippen LogP contribution in [0.2, 0.25) is 10.0 Å². The third-order valence-electron chi connectivity index (χ3n) is 4.05. The third kappa shape index (κ3) is 5.45. The van der Waals surface area contributed by atoms with Gasteiger partial charge < -0.3 is 14.8 Å². The van der Waals surface area contributed by atoms with E-state index in [0.717, 1.165) is 6.07 Å². The number of ether oxygens (including phenoxy) is 2. The predicted molar refractivity (Wildman–Crippen MR) is 115 cm³/mol. The molecule has 0 bridgehead atoms. The minimum Gasteiger partial charge on any atom is -0.497 e. The maximum absolute atomic E-state index is 14.3. The van der Waals surface area contributed by atoms with Gasteiger partial charge in [-0.3, -0.25) is 4.79 Å². The number of hydrogen-bond acceptors (Lipinski definition) is 5. The van der Waals surface area contributed by atoms with Crippen LogP contribution in [0.3, 0.4) is 0 Å². The van der Waals surface area contributed by atoms with E-state index in [4.69, 9.17) is 37.8 Å². The Balaban J connectivity index is 1.96. The van der Waals surface area contributed by atoms with Crippen molar-refractivity contribution in [3.63, 3.8) is 0 Å². The fourth-order valence-corrected chi connectivity index (χ4v) is 3.43. The molecule has 0 unspecified atom stereocenters. The second-order valence-corrected chi connectivity index (χ2v) is 8.56. The molecule has 3 aromatic rings. The molecule has 3 aromatic carbocycles. The van der Waals surface area contributed by atoms with Gasteiger partial charge in [-0.25, -0.2) is 17.9 Å². The normalized spacial score (nSPS) is 11.1. The van der Waals surface area contributed by atoms with Crippen molar-refractivity contribution in [3.8, 4) is 17.2 Å². The first-order chi connectivity index (χ1) is 14.6. The van der Waals surface area contributed by atoms with E-state index < -0.39 is 21.7 Å². The van der Waals surface area contributed by atoms with Crippen molar-refractivity contribution in [2.75, 3.05) is 12.4 Å². The maximum Gasteiger partial charge on any atom is 0.259 e. The van der Waals surface area contributed by atoms with Crippen molar-refractivity contribution in [1.82, 2.24) is 0 Å². The second-order valence-electron chi connectivity index (χ2n) is 6.19. The highest BCUT2D eigenvalue weighted by atomic mass is 35.5. The molecule has 0 atom stereocenters. The summed E-state index contributed by atoms with van der Waals surface area (Å²) in [6, 6.07) is 11.8. The minimum absolute atomic E-state index is 0.0626. The molecule has 162 valence electrons. The van der Waals surface area contributed by atoms with Gasteiger partial charge in [-0.15, -0.1) is 0 Å². The standard InChI is InChI=1S/C20H15Cl2FN2O5S/c1-29-12-5-6-18(17(23)8-12)30-19-10-16(22)15(21)9-14(19)20(26)25-11-3-2-4-13(7-11)31(24,27)28/h2-10H,1H3,(H,25,26)(H2,24,27,28). The molecule has 0 fully saturated rings. The number of sulfonamides is 1. The zero-order valence-corrected chi connectivity index (χ0v) is 18.2. The molecule has 31 heavy (non-hydrogen) atoms. The van der Waals surface area contributed by atoms with E-state index in [1.807, 2.05) is 0 Å². The minimum atomic E-state index is -3.96. The van der Waals surface area contributed by atoms with Gasteiger partial charge in [0.2, 0.25) is 10.0 Å². The number of methoxy groups -OCH3 is 1. The first-order valence-electron chi connectivity index (χ1n) is 8.53. The number of anilines is 1. The van der Waals surface area contributed by atoms with E-state index in [0.29, 0.717) is 0 Å². The summed E-state index contributed by atoms with van der Waals surface area (Å²) >= 11 is 12.1. The molecule has 3 rings (SSSR count). The van der Waals surface area contributed by atoms with Crippen LogP contribution in [0.25, 0.3) is 0 Å². The molecular formula is C20H15Cl2FN2O5S. The molecule has 3 N–H and O–H groups in total. The lowest BCUT2D eigenvalue weighted by Crippen LogP contribution is -2.15. The first kappa shape index (κ1) is 22.8. The molecule has 0 aliphatic rings. The molecule has 0 spiro atoms. The van der Waals surface area contributed by atoms with Crippen LogP contribution in [0.5, 0.6) is 17.2 Å². The van der Waals surface area contributed by atoms with Crippen LogP contribution in [0.4, 0.5) is 10.1 Å². The number of hydrogen-bond donors (Lipinski definition) is 2. The molecule has 0 aliphatic carbocycles. The summed E-state index contributed by atoms with van der Waals surface area (Å²) in [5.74, 6) is -1.39. The Morgan fingerprint density at radius 3 is 2.39 bits per heavy atom. The van der Waals surface area contributed by atoms with E-state index >= 15 is 0 Å². The van der Waals surface area contributed by atoms with E-state index in [1.54, 1.807) is 0 Å². The highest BCUT2D eigenvalue weighted by molar-refractivity contribution is 7.89. The quantitative estimate of drug-likeness (QED) is 0.520. The van der Waals surface area contributed by atoms with Gasteiger partial charge in [0.05, 0.1) is 27.6 Å². The Bertz CT molecular complexity index is 1270. The number of benzene rings is 3. The number of halogens is 3. The number of carbonyl (C=O) groups is 1. The highest BCUT2D eigenvalue weighted by Crippen LogP contribution is 2.35. The van der Waals surface area contributed by atoms with Crippen molar-refractivity contribution < 1.29 is 27.1 Å². The Hall–Kier alpha value is -2.85. The van der Waals surface area contributed by atoms with Gasteiger partial charge >= 0.3 is 0 Å². The monoisotopic (exact) mass is 484 g/mol. The summed E-state index contributed by atoms with van der Waals surface area (Å²) in [4.78, 5) is 12.7. The maximum atomic E-state index is 14.3. The summed E-state index contributed by atoms with van der Waals surface area (Å²) in [5.41, 5.74) is 0.0924. The van der Waals surface area contributed by atoms with Gasteiger partial charge in [0.25, 0.3) is 5.91 Å². The summed E-state index contributed by atoms with van der Waals surface area (Å²) in [7, 11) is -2.57. The molecule has 0 saturated carbocycles. The van der Waals surface area contributed by atoms with Crippen molar-refractivity contribution in [3.05, 3.63) is 76.0 Å². The van der Waals surface area contributed by atoms with Crippen LogP contribution in [-0.2, 0) is 10.0 Å². The fourth-order valence-electron chi connectivity index (χ4n) is 2.55. The average Bonchev–Trinajstić information content (AvgIpc) is 2.71. The molecule has 1 amide bonds. The third-order valence-corrected chi connectivity index (χ3v) is 5.68. The van der Waals surface area contributed by atoms with Gasteiger partial charge in [-0.2, -0.15) is 0 Å². The van der Waals surface area contributed by atoms with Crippen molar-refractivity contribution in [1.29, 1.82) is 0 Å². The Morgan fingerprint density at radius 1 is 1.03 bits per heavy atom. The van der Waals surface area contributed by atoms with E-state index in [2.05, 4.69) is 5.32 Å². The summed E-state index contributed by atoms with van der Waals surface area (Å²) < 4.78 is 47.9. The predicted octanol–water partition coefficient (Wildman–Crippen LogP) is 4.83. The molecular weight excluding hydrogens is 470 g/mol. The number of carbonyl (C=O) groups excluding carboxylic acids is 1. The van der Waals surface area contributed by atoms with Crippen LogP contribution in [0.15, 0.2) is 59.5 Å². The van der Waals surface area contributed by atoms with Gasteiger partial charge in [0.1, 0.15) is 11.5 Å². The number of primary sulfonamides is 1. The lowest BCUT2D eigenvalue weighted by Gasteiger charge is -2.14.